The van der Waals surface area contributed by atoms with Crippen LogP contribution in [0, 0.1) is 0 Å². The third-order valence-electron chi connectivity index (χ3n) is 3.41. The molecule has 98 valence electrons. The molecule has 1 unspecified atom stereocenters. The Bertz CT molecular complexity index is 248. The fourth-order valence-electron chi connectivity index (χ4n) is 2.18. The lowest BCUT2D eigenvalue weighted by atomic mass is 10.2. The Labute approximate surface area is 103 Å². The van der Waals surface area contributed by atoms with Crippen LogP contribution in [0.5, 0.6) is 0 Å². The van der Waals surface area contributed by atoms with Crippen molar-refractivity contribution in [3.8, 4) is 0 Å². The maximum Gasteiger partial charge on any atom is 0.234 e. The van der Waals surface area contributed by atoms with Crippen LogP contribution in [0.3, 0.4) is 0 Å². The summed E-state index contributed by atoms with van der Waals surface area (Å²) in [5, 5.41) is 3.31. The number of nitrogens with zero attached hydrogens (tertiary/aromatic N) is 1. The second kappa shape index (κ2) is 6.33. The lowest BCUT2D eigenvalue weighted by molar-refractivity contribution is -0.120. The van der Waals surface area contributed by atoms with Gasteiger partial charge in [-0.05, 0) is 25.7 Å². The van der Waals surface area contributed by atoms with Gasteiger partial charge in [0.25, 0.3) is 0 Å². The van der Waals surface area contributed by atoms with Crippen molar-refractivity contribution in [2.45, 2.75) is 37.8 Å². The van der Waals surface area contributed by atoms with E-state index < -0.39 is 0 Å². The highest BCUT2D eigenvalue weighted by Crippen LogP contribution is 2.20. The first-order valence-corrected chi connectivity index (χ1v) is 6.61. The summed E-state index contributed by atoms with van der Waals surface area (Å²) >= 11 is 0. The maximum absolute atomic E-state index is 11.3. The zero-order valence-electron chi connectivity index (χ0n) is 10.4. The van der Waals surface area contributed by atoms with Crippen molar-refractivity contribution in [2.75, 3.05) is 32.8 Å². The van der Waals surface area contributed by atoms with E-state index in [1.807, 2.05) is 0 Å². The molecular formula is C12H23N3O2. The van der Waals surface area contributed by atoms with Crippen LogP contribution in [0.15, 0.2) is 0 Å². The third kappa shape index (κ3) is 4.61. The molecule has 5 heteroatoms. The van der Waals surface area contributed by atoms with Crippen molar-refractivity contribution in [3.63, 3.8) is 0 Å². The third-order valence-corrected chi connectivity index (χ3v) is 3.41. The van der Waals surface area contributed by atoms with Crippen LogP contribution in [-0.4, -0.2) is 55.7 Å². The number of hydrogen-bond donors (Lipinski definition) is 2. The molecule has 0 radical (unpaired) electrons. The molecule has 1 saturated carbocycles. The monoisotopic (exact) mass is 241 g/mol. The van der Waals surface area contributed by atoms with E-state index >= 15 is 0 Å². The van der Waals surface area contributed by atoms with Crippen molar-refractivity contribution in [1.82, 2.24) is 10.2 Å². The zero-order chi connectivity index (χ0) is 12.1. The van der Waals surface area contributed by atoms with Crippen LogP contribution >= 0.6 is 0 Å². The molecule has 3 N–H and O–H groups in total. The van der Waals surface area contributed by atoms with Crippen molar-refractivity contribution in [1.29, 1.82) is 0 Å². The highest BCUT2D eigenvalue weighted by Gasteiger charge is 2.27. The number of nitrogens with one attached hydrogen (secondary N) is 1. The first-order valence-electron chi connectivity index (χ1n) is 6.61. The van der Waals surface area contributed by atoms with Crippen LogP contribution in [0.4, 0.5) is 0 Å². The van der Waals surface area contributed by atoms with Crippen molar-refractivity contribution in [3.05, 3.63) is 0 Å². The average Bonchev–Trinajstić information content (AvgIpc) is 3.11. The van der Waals surface area contributed by atoms with Crippen molar-refractivity contribution >= 4 is 5.91 Å². The number of ether oxygens (including phenoxy) is 1. The fourth-order valence-corrected chi connectivity index (χ4v) is 2.18. The van der Waals surface area contributed by atoms with E-state index in [2.05, 4.69) is 10.2 Å². The Kier molecular flexibility index (Phi) is 4.76. The summed E-state index contributed by atoms with van der Waals surface area (Å²) in [4.78, 5) is 13.7. The van der Waals surface area contributed by atoms with E-state index in [1.165, 1.54) is 12.8 Å². The van der Waals surface area contributed by atoms with Gasteiger partial charge in [-0.2, -0.15) is 0 Å². The van der Waals surface area contributed by atoms with E-state index in [1.54, 1.807) is 0 Å². The minimum atomic E-state index is -0.219. The second-order valence-corrected chi connectivity index (χ2v) is 4.99. The molecule has 1 aliphatic heterocycles. The number of carbonyl (C=O) groups is 1. The first kappa shape index (κ1) is 12.8. The molecular weight excluding hydrogens is 218 g/mol. The SMILES string of the molecule is NC(=O)C(CCN1CCCOCC1)NC1CC1. The number of amides is 1. The van der Waals surface area contributed by atoms with Gasteiger partial charge < -0.3 is 20.7 Å². The van der Waals surface area contributed by atoms with E-state index in [0.29, 0.717) is 6.04 Å². The van der Waals surface area contributed by atoms with Crippen LogP contribution in [0.2, 0.25) is 0 Å². The summed E-state index contributed by atoms with van der Waals surface area (Å²) in [5.41, 5.74) is 5.41. The molecule has 2 aliphatic rings. The van der Waals surface area contributed by atoms with E-state index in [9.17, 15) is 4.79 Å². The predicted molar refractivity (Wildman–Crippen MR) is 65.6 cm³/mol. The summed E-state index contributed by atoms with van der Waals surface area (Å²) in [6, 6.07) is 0.367. The molecule has 0 aromatic heterocycles. The summed E-state index contributed by atoms with van der Waals surface area (Å²) in [6.45, 7) is 4.62. The smallest absolute Gasteiger partial charge is 0.234 e. The van der Waals surface area contributed by atoms with Gasteiger partial charge in [-0.15, -0.1) is 0 Å². The molecule has 0 aromatic carbocycles. The summed E-state index contributed by atoms with van der Waals surface area (Å²) in [6.07, 6.45) is 4.26. The van der Waals surface area contributed by atoms with Crippen LogP contribution in [-0.2, 0) is 9.53 Å². The molecule has 17 heavy (non-hydrogen) atoms. The minimum absolute atomic E-state index is 0.160. The summed E-state index contributed by atoms with van der Waals surface area (Å²) in [7, 11) is 0. The minimum Gasteiger partial charge on any atom is -0.380 e. The topological polar surface area (TPSA) is 67.6 Å². The van der Waals surface area contributed by atoms with Crippen molar-refractivity contribution < 1.29 is 9.53 Å². The molecule has 0 spiro atoms. The van der Waals surface area contributed by atoms with Gasteiger partial charge in [0.05, 0.1) is 12.6 Å². The van der Waals surface area contributed by atoms with Gasteiger partial charge in [0, 0.05) is 32.3 Å². The van der Waals surface area contributed by atoms with Gasteiger partial charge >= 0.3 is 0 Å². The van der Waals surface area contributed by atoms with Gasteiger partial charge in [0.15, 0.2) is 0 Å². The Hall–Kier alpha value is -0.650. The van der Waals surface area contributed by atoms with E-state index in [0.717, 1.165) is 45.7 Å². The van der Waals surface area contributed by atoms with Gasteiger partial charge in [-0.3, -0.25) is 4.79 Å². The van der Waals surface area contributed by atoms with Crippen LogP contribution < -0.4 is 11.1 Å². The first-order chi connectivity index (χ1) is 8.25. The Morgan fingerprint density at radius 1 is 1.41 bits per heavy atom. The number of rotatable bonds is 6. The Morgan fingerprint density at radius 2 is 2.24 bits per heavy atom. The fraction of sp³-hybridized carbons (Fsp3) is 0.917. The molecule has 1 atom stereocenters. The Morgan fingerprint density at radius 3 is 2.94 bits per heavy atom. The van der Waals surface area contributed by atoms with E-state index in [4.69, 9.17) is 10.5 Å². The normalized spacial score (nSPS) is 24.2. The lowest BCUT2D eigenvalue weighted by Gasteiger charge is -2.22. The zero-order valence-corrected chi connectivity index (χ0v) is 10.4. The maximum atomic E-state index is 11.3. The molecule has 0 aromatic rings. The van der Waals surface area contributed by atoms with Crippen molar-refractivity contribution in [2.24, 2.45) is 5.73 Å². The van der Waals surface area contributed by atoms with Crippen LogP contribution in [0.1, 0.15) is 25.7 Å². The number of nitrogens with two attached hydrogens (primary N) is 1. The second-order valence-electron chi connectivity index (χ2n) is 4.99. The lowest BCUT2D eigenvalue weighted by Crippen LogP contribution is -2.44. The quantitative estimate of drug-likeness (QED) is 0.670. The molecule has 1 saturated heterocycles. The highest BCUT2D eigenvalue weighted by atomic mass is 16.5. The molecule has 1 aliphatic carbocycles. The van der Waals surface area contributed by atoms with E-state index in [-0.39, 0.29) is 11.9 Å². The molecule has 2 fully saturated rings. The average molecular weight is 241 g/mol. The predicted octanol–water partition coefficient (Wildman–Crippen LogP) is -0.295. The van der Waals surface area contributed by atoms with Crippen LogP contribution in [0.25, 0.3) is 0 Å². The Balaban J connectivity index is 1.71. The number of primary amides is 1. The summed E-state index contributed by atoms with van der Waals surface area (Å²) in [5.74, 6) is -0.219. The van der Waals surface area contributed by atoms with Gasteiger partial charge in [0.1, 0.15) is 0 Å². The number of carbonyl (C=O) groups excluding carboxylic acids is 1. The van der Waals surface area contributed by atoms with Gasteiger partial charge in [-0.25, -0.2) is 0 Å². The van der Waals surface area contributed by atoms with Gasteiger partial charge in [0.2, 0.25) is 5.91 Å². The highest BCUT2D eigenvalue weighted by molar-refractivity contribution is 5.79. The largest absolute Gasteiger partial charge is 0.380 e. The molecule has 2 rings (SSSR count). The molecule has 1 heterocycles. The number of hydrogen-bond acceptors (Lipinski definition) is 4. The standard InChI is InChI=1S/C12H23N3O2/c13-12(16)11(14-10-2-3-10)4-6-15-5-1-8-17-9-7-15/h10-11,14H,1-9H2,(H2,13,16). The summed E-state index contributed by atoms with van der Waals surface area (Å²) < 4.78 is 5.40. The molecule has 5 nitrogen and oxygen atoms in total. The molecule has 0 bridgehead atoms. The van der Waals surface area contributed by atoms with Gasteiger partial charge in [-0.1, -0.05) is 0 Å². The molecule has 1 amide bonds.